The van der Waals surface area contributed by atoms with Gasteiger partial charge in [-0.2, -0.15) is 5.10 Å². The lowest BCUT2D eigenvalue weighted by Gasteiger charge is -2.46. The monoisotopic (exact) mass is 394 g/mol. The Kier molecular flexibility index (Phi) is 4.35. The van der Waals surface area contributed by atoms with Crippen LogP contribution in [0.4, 0.5) is 0 Å². The van der Waals surface area contributed by atoms with E-state index in [0.29, 0.717) is 31.2 Å². The maximum absolute atomic E-state index is 13.1. The van der Waals surface area contributed by atoms with E-state index in [9.17, 15) is 14.7 Å². The number of furan rings is 1. The molecule has 3 aromatic heterocycles. The van der Waals surface area contributed by atoms with Crippen LogP contribution < -0.4 is 5.56 Å². The Bertz CT molecular complexity index is 1080. The van der Waals surface area contributed by atoms with Crippen molar-refractivity contribution in [2.45, 2.75) is 24.9 Å². The van der Waals surface area contributed by atoms with Crippen LogP contribution in [0.3, 0.4) is 0 Å². The van der Waals surface area contributed by atoms with E-state index >= 15 is 0 Å². The van der Waals surface area contributed by atoms with E-state index in [2.05, 4.69) is 5.10 Å². The quantitative estimate of drug-likeness (QED) is 0.723. The lowest BCUT2D eigenvalue weighted by atomic mass is 9.78. The molecule has 8 nitrogen and oxygen atoms in total. The van der Waals surface area contributed by atoms with E-state index in [1.54, 1.807) is 38.5 Å². The molecule has 150 valence electrons. The van der Waals surface area contributed by atoms with Crippen molar-refractivity contribution < 1.29 is 14.3 Å². The minimum absolute atomic E-state index is 0.0359. The highest BCUT2D eigenvalue weighted by Crippen LogP contribution is 2.41. The fourth-order valence-corrected chi connectivity index (χ4v) is 4.73. The topological polar surface area (TPSA) is 93.5 Å². The molecule has 0 radical (unpaired) electrons. The predicted molar refractivity (Wildman–Crippen MR) is 104 cm³/mol. The minimum Gasteiger partial charge on any atom is -0.454 e. The smallest absolute Gasteiger partial charge is 0.289 e. The van der Waals surface area contributed by atoms with Crippen molar-refractivity contribution >= 4 is 5.91 Å². The summed E-state index contributed by atoms with van der Waals surface area (Å²) in [5, 5.41) is 14.1. The highest BCUT2D eigenvalue weighted by atomic mass is 16.4. The van der Waals surface area contributed by atoms with Crippen LogP contribution in [-0.4, -0.2) is 50.0 Å². The van der Waals surface area contributed by atoms with Crippen molar-refractivity contribution in [3.05, 3.63) is 76.4 Å². The normalized spacial score (nSPS) is 23.1. The number of piperidine rings is 1. The van der Waals surface area contributed by atoms with Crippen molar-refractivity contribution in [3.8, 4) is 0 Å². The standard InChI is InChI=1S/C21H22N4O4/c26-13-18-15-9-14(17-3-1-4-20(27)25(17)18)10-23(11-15)21(28)19-6-5-16(29-19)12-24-8-2-7-22-24/h1-8,14-15,18,26H,9-13H2/t14-,15+,18+/m1/s1. The van der Waals surface area contributed by atoms with Gasteiger partial charge in [0, 0.05) is 49.1 Å². The highest BCUT2D eigenvalue weighted by Gasteiger charge is 2.42. The molecule has 2 bridgehead atoms. The fourth-order valence-electron chi connectivity index (χ4n) is 4.73. The number of aromatic nitrogens is 3. The molecule has 0 aliphatic carbocycles. The number of amides is 1. The Balaban J connectivity index is 1.39. The summed E-state index contributed by atoms with van der Waals surface area (Å²) in [5.74, 6) is 0.925. The zero-order chi connectivity index (χ0) is 20.0. The molecule has 0 unspecified atom stereocenters. The van der Waals surface area contributed by atoms with Crippen molar-refractivity contribution in [2.75, 3.05) is 19.7 Å². The molecule has 0 aromatic carbocycles. The number of carbonyl (C=O) groups excluding carboxylic acids is 1. The molecule has 1 amide bonds. The first kappa shape index (κ1) is 17.9. The highest BCUT2D eigenvalue weighted by molar-refractivity contribution is 5.91. The maximum atomic E-state index is 13.1. The van der Waals surface area contributed by atoms with Gasteiger partial charge >= 0.3 is 0 Å². The van der Waals surface area contributed by atoms with Gasteiger partial charge in [0.05, 0.1) is 19.2 Å². The maximum Gasteiger partial charge on any atom is 0.289 e. The van der Waals surface area contributed by atoms with Crippen LogP contribution in [0.1, 0.15) is 40.4 Å². The molecule has 8 heteroatoms. The van der Waals surface area contributed by atoms with Crippen molar-refractivity contribution in [2.24, 2.45) is 5.92 Å². The Morgan fingerprint density at radius 1 is 1.21 bits per heavy atom. The lowest BCUT2D eigenvalue weighted by Crippen LogP contribution is -2.51. The van der Waals surface area contributed by atoms with E-state index in [1.807, 2.05) is 18.3 Å². The number of aliphatic hydroxyl groups is 1. The molecule has 29 heavy (non-hydrogen) atoms. The molecular formula is C21H22N4O4. The number of fused-ring (bicyclic) bond motifs is 4. The third-order valence-electron chi connectivity index (χ3n) is 6.02. The summed E-state index contributed by atoms with van der Waals surface area (Å²) in [6.45, 7) is 1.38. The van der Waals surface area contributed by atoms with Gasteiger partial charge in [0.2, 0.25) is 0 Å². The van der Waals surface area contributed by atoms with Gasteiger partial charge in [0.15, 0.2) is 5.76 Å². The molecule has 2 aliphatic rings. The third-order valence-corrected chi connectivity index (χ3v) is 6.02. The lowest BCUT2D eigenvalue weighted by molar-refractivity contribution is 0.0412. The molecule has 0 spiro atoms. The Labute approximate surface area is 167 Å². The summed E-state index contributed by atoms with van der Waals surface area (Å²) in [6, 6.07) is 10.2. The second-order valence-electron chi connectivity index (χ2n) is 7.78. The SMILES string of the molecule is O=C(c1ccc(Cn2cccn2)o1)N1C[C@H]2C[C@@H](C1)[C@H](CO)n1c2cccc1=O. The fraction of sp³-hybridized carbons (Fsp3) is 0.381. The number of carbonyl (C=O) groups is 1. The zero-order valence-corrected chi connectivity index (χ0v) is 15.8. The van der Waals surface area contributed by atoms with Crippen LogP contribution >= 0.6 is 0 Å². The molecule has 5 heterocycles. The summed E-state index contributed by atoms with van der Waals surface area (Å²) >= 11 is 0. The number of nitrogens with zero attached hydrogens (tertiary/aromatic N) is 4. The van der Waals surface area contributed by atoms with Gasteiger partial charge in [0.1, 0.15) is 5.76 Å². The number of hydrogen-bond donors (Lipinski definition) is 1. The molecule has 1 saturated heterocycles. The van der Waals surface area contributed by atoms with Crippen LogP contribution in [0.15, 0.2) is 58.0 Å². The Hall–Kier alpha value is -3.13. The molecule has 1 N–H and O–H groups in total. The van der Waals surface area contributed by atoms with Gasteiger partial charge in [-0.25, -0.2) is 0 Å². The first-order chi connectivity index (χ1) is 14.1. The zero-order valence-electron chi connectivity index (χ0n) is 15.8. The summed E-state index contributed by atoms with van der Waals surface area (Å²) in [5.41, 5.74) is 0.800. The predicted octanol–water partition coefficient (Wildman–Crippen LogP) is 1.48. The largest absolute Gasteiger partial charge is 0.454 e. The average molecular weight is 394 g/mol. The van der Waals surface area contributed by atoms with Gasteiger partial charge in [-0.1, -0.05) is 6.07 Å². The van der Waals surface area contributed by atoms with Gasteiger partial charge in [-0.05, 0) is 30.7 Å². The van der Waals surface area contributed by atoms with E-state index in [-0.39, 0.29) is 36.0 Å². The van der Waals surface area contributed by atoms with Crippen molar-refractivity contribution in [3.63, 3.8) is 0 Å². The molecule has 2 aliphatic heterocycles. The number of hydrogen-bond acceptors (Lipinski definition) is 5. The van der Waals surface area contributed by atoms with Crippen LogP contribution in [0.2, 0.25) is 0 Å². The van der Waals surface area contributed by atoms with E-state index < -0.39 is 0 Å². The minimum atomic E-state index is -0.308. The van der Waals surface area contributed by atoms with Gasteiger partial charge < -0.3 is 19.0 Å². The number of aliphatic hydroxyl groups excluding tert-OH is 1. The second kappa shape index (κ2) is 7.04. The van der Waals surface area contributed by atoms with Gasteiger partial charge in [0.25, 0.3) is 11.5 Å². The van der Waals surface area contributed by atoms with Gasteiger partial charge in [-0.3, -0.25) is 14.3 Å². The first-order valence-corrected chi connectivity index (χ1v) is 9.81. The summed E-state index contributed by atoms with van der Waals surface area (Å²) < 4.78 is 9.23. The third kappa shape index (κ3) is 3.09. The van der Waals surface area contributed by atoms with E-state index in [0.717, 1.165) is 12.1 Å². The van der Waals surface area contributed by atoms with Crippen LogP contribution in [-0.2, 0) is 6.54 Å². The number of likely N-dealkylation sites (tertiary alicyclic amines) is 1. The molecule has 1 fully saturated rings. The van der Waals surface area contributed by atoms with Crippen molar-refractivity contribution in [1.82, 2.24) is 19.2 Å². The Morgan fingerprint density at radius 2 is 2.10 bits per heavy atom. The van der Waals surface area contributed by atoms with Crippen LogP contribution in [0.5, 0.6) is 0 Å². The average Bonchev–Trinajstić information content (AvgIpc) is 3.41. The first-order valence-electron chi connectivity index (χ1n) is 9.81. The van der Waals surface area contributed by atoms with E-state index in [1.165, 1.54) is 6.07 Å². The molecule has 3 aromatic rings. The second-order valence-corrected chi connectivity index (χ2v) is 7.78. The molecule has 5 rings (SSSR count). The summed E-state index contributed by atoms with van der Waals surface area (Å²) in [6.07, 6.45) is 4.40. The van der Waals surface area contributed by atoms with Gasteiger partial charge in [-0.15, -0.1) is 0 Å². The molecular weight excluding hydrogens is 372 g/mol. The Morgan fingerprint density at radius 3 is 2.90 bits per heavy atom. The number of rotatable bonds is 4. The van der Waals surface area contributed by atoms with E-state index in [4.69, 9.17) is 4.42 Å². The molecule has 3 atom stereocenters. The number of pyridine rings is 1. The van der Waals surface area contributed by atoms with Crippen LogP contribution in [0, 0.1) is 5.92 Å². The summed E-state index contributed by atoms with van der Waals surface area (Å²) in [4.78, 5) is 27.3. The summed E-state index contributed by atoms with van der Waals surface area (Å²) in [7, 11) is 0. The molecule has 0 saturated carbocycles. The van der Waals surface area contributed by atoms with Crippen molar-refractivity contribution in [1.29, 1.82) is 0 Å². The van der Waals surface area contributed by atoms with Crippen LogP contribution in [0.25, 0.3) is 0 Å².